The van der Waals surface area contributed by atoms with Gasteiger partial charge in [0.05, 0.1) is 5.54 Å². The third kappa shape index (κ3) is 1.61. The van der Waals surface area contributed by atoms with Gasteiger partial charge in [-0.3, -0.25) is 4.79 Å². The maximum Gasteiger partial charge on any atom is 0.240 e. The highest BCUT2D eigenvalue weighted by Crippen LogP contribution is 2.22. The van der Waals surface area contributed by atoms with E-state index in [0.717, 1.165) is 25.8 Å². The molecule has 1 fully saturated rings. The summed E-state index contributed by atoms with van der Waals surface area (Å²) in [4.78, 5) is 11.5. The van der Waals surface area contributed by atoms with Crippen LogP contribution in [0.4, 0.5) is 0 Å². The average Bonchev–Trinajstić information content (AvgIpc) is 2.17. The molecule has 1 rings (SSSR count). The van der Waals surface area contributed by atoms with E-state index in [4.69, 9.17) is 0 Å². The second kappa shape index (κ2) is 3.90. The first-order valence-electron chi connectivity index (χ1n) is 4.72. The van der Waals surface area contributed by atoms with E-state index < -0.39 is 0 Å². The zero-order valence-corrected chi connectivity index (χ0v) is 7.94. The highest BCUT2D eigenvalue weighted by molar-refractivity contribution is 5.86. The van der Waals surface area contributed by atoms with Gasteiger partial charge >= 0.3 is 0 Å². The van der Waals surface area contributed by atoms with E-state index in [1.54, 1.807) is 7.05 Å². The Bertz CT molecular complexity index is 162. The zero-order valence-electron chi connectivity index (χ0n) is 7.94. The number of amides is 1. The lowest BCUT2D eigenvalue weighted by Gasteiger charge is -2.35. The van der Waals surface area contributed by atoms with Gasteiger partial charge in [-0.15, -0.1) is 0 Å². The Labute approximate surface area is 73.9 Å². The lowest BCUT2D eigenvalue weighted by Crippen LogP contribution is -2.57. The third-order valence-corrected chi connectivity index (χ3v) is 2.76. The van der Waals surface area contributed by atoms with Crippen molar-refractivity contribution in [1.82, 2.24) is 10.6 Å². The SMILES string of the molecule is CCC1(C(=O)NC)CCCCN1. The number of carbonyl (C=O) groups excluding carboxylic acids is 1. The van der Waals surface area contributed by atoms with Crippen molar-refractivity contribution in [3.8, 4) is 0 Å². The van der Waals surface area contributed by atoms with E-state index in [1.165, 1.54) is 6.42 Å². The molecular weight excluding hydrogens is 152 g/mol. The summed E-state index contributed by atoms with van der Waals surface area (Å²) in [7, 11) is 1.70. The summed E-state index contributed by atoms with van der Waals surface area (Å²) in [6, 6.07) is 0. The Morgan fingerprint density at radius 1 is 1.58 bits per heavy atom. The zero-order chi connectivity index (χ0) is 9.03. The van der Waals surface area contributed by atoms with Crippen LogP contribution in [0, 0.1) is 0 Å². The molecule has 0 aromatic rings. The molecule has 70 valence electrons. The molecule has 3 nitrogen and oxygen atoms in total. The number of piperidine rings is 1. The number of hydrogen-bond donors (Lipinski definition) is 2. The molecule has 0 aliphatic carbocycles. The quantitative estimate of drug-likeness (QED) is 0.639. The first-order valence-corrected chi connectivity index (χ1v) is 4.72. The van der Waals surface area contributed by atoms with Crippen LogP contribution >= 0.6 is 0 Å². The molecule has 0 aromatic carbocycles. The van der Waals surface area contributed by atoms with Gasteiger partial charge in [-0.25, -0.2) is 0 Å². The normalized spacial score (nSPS) is 29.8. The van der Waals surface area contributed by atoms with Crippen LogP contribution in [-0.4, -0.2) is 25.0 Å². The van der Waals surface area contributed by atoms with E-state index >= 15 is 0 Å². The molecule has 1 aliphatic rings. The van der Waals surface area contributed by atoms with E-state index in [2.05, 4.69) is 17.6 Å². The lowest BCUT2D eigenvalue weighted by molar-refractivity contribution is -0.128. The van der Waals surface area contributed by atoms with Crippen molar-refractivity contribution in [2.75, 3.05) is 13.6 Å². The largest absolute Gasteiger partial charge is 0.358 e. The minimum Gasteiger partial charge on any atom is -0.358 e. The molecule has 1 unspecified atom stereocenters. The van der Waals surface area contributed by atoms with Crippen molar-refractivity contribution in [1.29, 1.82) is 0 Å². The van der Waals surface area contributed by atoms with Crippen LogP contribution in [-0.2, 0) is 4.79 Å². The van der Waals surface area contributed by atoms with Gasteiger partial charge in [0, 0.05) is 7.05 Å². The number of carbonyl (C=O) groups is 1. The Balaban J connectivity index is 2.66. The molecule has 0 bridgehead atoms. The fourth-order valence-corrected chi connectivity index (χ4v) is 1.86. The summed E-state index contributed by atoms with van der Waals surface area (Å²) >= 11 is 0. The molecular formula is C9H18N2O. The Morgan fingerprint density at radius 3 is 2.75 bits per heavy atom. The summed E-state index contributed by atoms with van der Waals surface area (Å²) in [6.45, 7) is 3.04. The maximum absolute atomic E-state index is 11.5. The molecule has 0 spiro atoms. The van der Waals surface area contributed by atoms with Crippen molar-refractivity contribution in [3.05, 3.63) is 0 Å². The number of rotatable bonds is 2. The van der Waals surface area contributed by atoms with Crippen molar-refractivity contribution in [2.45, 2.75) is 38.1 Å². The molecule has 0 radical (unpaired) electrons. The van der Waals surface area contributed by atoms with Crippen molar-refractivity contribution >= 4 is 5.91 Å². The van der Waals surface area contributed by atoms with Crippen molar-refractivity contribution in [2.24, 2.45) is 0 Å². The van der Waals surface area contributed by atoms with Crippen LogP contribution in [0.15, 0.2) is 0 Å². The predicted octanol–water partition coefficient (Wildman–Crippen LogP) is 0.655. The number of hydrogen-bond acceptors (Lipinski definition) is 2. The Hall–Kier alpha value is -0.570. The summed E-state index contributed by atoms with van der Waals surface area (Å²) in [6.07, 6.45) is 4.21. The summed E-state index contributed by atoms with van der Waals surface area (Å²) in [5.74, 6) is 0.143. The van der Waals surface area contributed by atoms with Crippen LogP contribution < -0.4 is 10.6 Å². The highest BCUT2D eigenvalue weighted by Gasteiger charge is 2.36. The molecule has 1 aliphatic heterocycles. The van der Waals surface area contributed by atoms with Crippen molar-refractivity contribution < 1.29 is 4.79 Å². The van der Waals surface area contributed by atoms with Crippen LogP contribution in [0.3, 0.4) is 0 Å². The monoisotopic (exact) mass is 170 g/mol. The summed E-state index contributed by atoms with van der Waals surface area (Å²) < 4.78 is 0. The average molecular weight is 170 g/mol. The van der Waals surface area contributed by atoms with Gasteiger partial charge in [-0.05, 0) is 32.2 Å². The number of likely N-dealkylation sites (N-methyl/N-ethyl adjacent to an activating group) is 1. The van der Waals surface area contributed by atoms with E-state index in [0.29, 0.717) is 0 Å². The minimum atomic E-state index is -0.271. The van der Waals surface area contributed by atoms with E-state index in [-0.39, 0.29) is 11.4 Å². The summed E-state index contributed by atoms with van der Waals surface area (Å²) in [5.41, 5.74) is -0.271. The maximum atomic E-state index is 11.5. The molecule has 0 saturated carbocycles. The molecule has 12 heavy (non-hydrogen) atoms. The summed E-state index contributed by atoms with van der Waals surface area (Å²) in [5, 5.41) is 6.05. The fraction of sp³-hybridized carbons (Fsp3) is 0.889. The molecule has 0 aromatic heterocycles. The van der Waals surface area contributed by atoms with Gasteiger partial charge in [0.25, 0.3) is 0 Å². The van der Waals surface area contributed by atoms with Crippen LogP contribution in [0.5, 0.6) is 0 Å². The van der Waals surface area contributed by atoms with Gasteiger partial charge in [-0.2, -0.15) is 0 Å². The molecule has 2 N–H and O–H groups in total. The van der Waals surface area contributed by atoms with Gasteiger partial charge in [0.2, 0.25) is 5.91 Å². The number of nitrogens with one attached hydrogen (secondary N) is 2. The molecule has 1 atom stereocenters. The van der Waals surface area contributed by atoms with Gasteiger partial charge in [-0.1, -0.05) is 6.92 Å². The second-order valence-electron chi connectivity index (χ2n) is 3.40. The smallest absolute Gasteiger partial charge is 0.240 e. The van der Waals surface area contributed by atoms with Gasteiger partial charge < -0.3 is 10.6 Å². The first kappa shape index (κ1) is 9.52. The minimum absolute atomic E-state index is 0.143. The standard InChI is InChI=1S/C9H18N2O/c1-3-9(8(12)10-2)6-4-5-7-11-9/h11H,3-7H2,1-2H3,(H,10,12). The molecule has 3 heteroatoms. The molecule has 1 saturated heterocycles. The van der Waals surface area contributed by atoms with Crippen LogP contribution in [0.1, 0.15) is 32.6 Å². The predicted molar refractivity (Wildman–Crippen MR) is 48.9 cm³/mol. The fourth-order valence-electron chi connectivity index (χ4n) is 1.86. The van der Waals surface area contributed by atoms with E-state index in [9.17, 15) is 4.79 Å². The Kier molecular flexibility index (Phi) is 3.09. The highest BCUT2D eigenvalue weighted by atomic mass is 16.2. The first-order chi connectivity index (χ1) is 5.75. The van der Waals surface area contributed by atoms with Crippen molar-refractivity contribution in [3.63, 3.8) is 0 Å². The third-order valence-electron chi connectivity index (χ3n) is 2.76. The van der Waals surface area contributed by atoms with Gasteiger partial charge in [0.1, 0.15) is 0 Å². The molecule has 1 amide bonds. The topological polar surface area (TPSA) is 41.1 Å². The second-order valence-corrected chi connectivity index (χ2v) is 3.40. The van der Waals surface area contributed by atoms with Gasteiger partial charge in [0.15, 0.2) is 0 Å². The van der Waals surface area contributed by atoms with Crippen LogP contribution in [0.25, 0.3) is 0 Å². The molecule has 1 heterocycles. The van der Waals surface area contributed by atoms with E-state index in [1.807, 2.05) is 0 Å². The Morgan fingerprint density at radius 2 is 2.33 bits per heavy atom. The van der Waals surface area contributed by atoms with Crippen LogP contribution in [0.2, 0.25) is 0 Å². The lowest BCUT2D eigenvalue weighted by atomic mass is 9.85.